The molecule has 19 nitrogen and oxygen atoms in total. The molecule has 5 atom stereocenters. The number of hydrogen-bond acceptors (Lipinski definition) is 15. The highest BCUT2D eigenvalue weighted by molar-refractivity contribution is 5.83. The number of nitriles is 2. The molecular weight excluding hydrogens is 971 g/mol. The molecule has 3 fully saturated rings. The zero-order chi connectivity index (χ0) is 52.4. The molecule has 4 aromatic carbocycles. The zero-order valence-electron chi connectivity index (χ0n) is 41.7. The summed E-state index contributed by atoms with van der Waals surface area (Å²) in [6.45, 7) is 7.74. The Morgan fingerprint density at radius 3 is 1.81 bits per heavy atom. The fraction of sp³-hybridized carbons (Fsp3) is 0.444. The number of nitrogens with zero attached hydrogens (tertiary/aromatic N) is 6. The van der Waals surface area contributed by atoms with Crippen LogP contribution in [0.2, 0.25) is 0 Å². The van der Waals surface area contributed by atoms with Gasteiger partial charge >= 0.3 is 11.5 Å². The lowest BCUT2D eigenvalue weighted by molar-refractivity contribution is -0.133. The van der Waals surface area contributed by atoms with Gasteiger partial charge in [0.05, 0.1) is 43.0 Å². The van der Waals surface area contributed by atoms with Crippen LogP contribution in [0, 0.1) is 40.2 Å². The van der Waals surface area contributed by atoms with Gasteiger partial charge in [0, 0.05) is 90.8 Å². The Morgan fingerprint density at radius 2 is 1.24 bits per heavy atom. The number of benzene rings is 4. The molecular formula is C54H60F2N10O9. The molecule has 75 heavy (non-hydrogen) atoms. The van der Waals surface area contributed by atoms with Crippen LogP contribution in [0.4, 0.5) is 8.78 Å². The lowest BCUT2D eigenvalue weighted by Crippen LogP contribution is -2.46. The first-order valence-electron chi connectivity index (χ1n) is 25.3. The number of aromatic nitrogens is 2. The van der Waals surface area contributed by atoms with Crippen LogP contribution >= 0.6 is 0 Å². The molecule has 4 N–H and O–H groups in total. The number of likely N-dealkylation sites (N-methyl/N-ethyl adjacent to an activating group) is 1. The fourth-order valence-electron chi connectivity index (χ4n) is 9.75. The molecule has 0 saturated carbocycles. The predicted octanol–water partition coefficient (Wildman–Crippen LogP) is 3.16. The van der Waals surface area contributed by atoms with Crippen molar-refractivity contribution in [2.75, 3.05) is 92.4 Å². The number of carbonyl (C=O) groups is 2. The number of rotatable bonds is 18. The van der Waals surface area contributed by atoms with Gasteiger partial charge in [-0.3, -0.25) is 23.6 Å². The van der Waals surface area contributed by atoms with E-state index in [0.717, 1.165) is 26.1 Å². The van der Waals surface area contributed by atoms with E-state index < -0.39 is 59.3 Å². The molecule has 3 saturated heterocycles. The van der Waals surface area contributed by atoms with Crippen molar-refractivity contribution in [2.45, 2.75) is 56.6 Å². The molecule has 3 aliphatic heterocycles. The number of carbonyl (C=O) groups excluding carboxylic acids is 2. The average Bonchev–Trinajstić information content (AvgIpc) is 3.60. The van der Waals surface area contributed by atoms with Crippen LogP contribution in [0.3, 0.4) is 0 Å². The monoisotopic (exact) mass is 1030 g/mol. The van der Waals surface area contributed by atoms with Gasteiger partial charge in [-0.15, -0.1) is 0 Å². The molecule has 394 valence electrons. The van der Waals surface area contributed by atoms with Crippen LogP contribution in [0.15, 0.2) is 91.2 Å². The molecule has 0 radical (unpaired) electrons. The number of amides is 2. The highest BCUT2D eigenvalue weighted by Crippen LogP contribution is 2.28. The molecule has 9 rings (SSSR count). The predicted molar refractivity (Wildman–Crippen MR) is 272 cm³/mol. The quantitative estimate of drug-likeness (QED) is 0.0969. The van der Waals surface area contributed by atoms with Crippen LogP contribution in [0.5, 0.6) is 0 Å². The summed E-state index contributed by atoms with van der Waals surface area (Å²) >= 11 is 0. The van der Waals surface area contributed by atoms with Crippen molar-refractivity contribution in [3.05, 3.63) is 117 Å². The highest BCUT2D eigenvalue weighted by Gasteiger charge is 2.29. The number of nitrogens with one attached hydrogen (secondary N) is 4. The summed E-state index contributed by atoms with van der Waals surface area (Å²) in [4.78, 5) is 56.3. The summed E-state index contributed by atoms with van der Waals surface area (Å²) in [5.41, 5.74) is 4.93. The average molecular weight is 1030 g/mol. The van der Waals surface area contributed by atoms with Crippen molar-refractivity contribution >= 4 is 34.0 Å². The second-order valence-electron chi connectivity index (χ2n) is 19.3. The summed E-state index contributed by atoms with van der Waals surface area (Å²) < 4.78 is 62.4. The van der Waals surface area contributed by atoms with Gasteiger partial charge in [-0.1, -0.05) is 36.4 Å². The summed E-state index contributed by atoms with van der Waals surface area (Å²) in [6, 6.07) is 22.0. The lowest BCUT2D eigenvalue weighted by Gasteiger charge is -2.26. The molecule has 3 aliphatic rings. The van der Waals surface area contributed by atoms with E-state index in [9.17, 15) is 29.7 Å². The minimum atomic E-state index is -1.03. The largest absolute Gasteiger partial charge is 0.419 e. The first-order valence-corrected chi connectivity index (χ1v) is 25.3. The number of hydrogen-bond donors (Lipinski definition) is 4. The van der Waals surface area contributed by atoms with E-state index in [1.807, 2.05) is 18.0 Å². The molecule has 0 spiro atoms. The first-order chi connectivity index (χ1) is 36.4. The third-order valence-corrected chi connectivity index (χ3v) is 13.9. The van der Waals surface area contributed by atoms with Crippen molar-refractivity contribution in [3.8, 4) is 34.4 Å². The Bertz CT molecular complexity index is 3200. The van der Waals surface area contributed by atoms with Crippen LogP contribution in [-0.4, -0.2) is 147 Å². The number of ether oxygens (including phenoxy) is 3. The van der Waals surface area contributed by atoms with Crippen molar-refractivity contribution in [1.82, 2.24) is 40.2 Å². The van der Waals surface area contributed by atoms with E-state index >= 15 is 8.78 Å². The highest BCUT2D eigenvalue weighted by atomic mass is 19.1. The van der Waals surface area contributed by atoms with Crippen molar-refractivity contribution in [2.24, 2.45) is 5.92 Å². The number of morpholine rings is 1. The third kappa shape index (κ3) is 13.1. The van der Waals surface area contributed by atoms with Crippen molar-refractivity contribution in [1.29, 1.82) is 10.5 Å². The van der Waals surface area contributed by atoms with E-state index in [1.165, 1.54) is 16.7 Å². The second kappa shape index (κ2) is 24.5. The third-order valence-electron chi connectivity index (χ3n) is 13.9. The maximum Gasteiger partial charge on any atom is 0.419 e. The minimum Gasteiger partial charge on any atom is -0.408 e. The number of fused-ring (bicyclic) bond motifs is 2. The Kier molecular flexibility index (Phi) is 17.2. The molecule has 2 aromatic heterocycles. The summed E-state index contributed by atoms with van der Waals surface area (Å²) in [5.74, 6) is -3.04. The van der Waals surface area contributed by atoms with Crippen molar-refractivity contribution in [3.63, 3.8) is 0 Å². The molecule has 21 heteroatoms. The normalized spacial score (nSPS) is 19.5. The van der Waals surface area contributed by atoms with E-state index in [1.54, 1.807) is 65.2 Å². The smallest absolute Gasteiger partial charge is 0.408 e. The molecule has 5 heterocycles. The van der Waals surface area contributed by atoms with E-state index in [-0.39, 0.29) is 49.6 Å². The van der Waals surface area contributed by atoms with E-state index in [2.05, 4.69) is 32.2 Å². The number of halogens is 2. The van der Waals surface area contributed by atoms with Gasteiger partial charge in [0.25, 0.3) is 11.8 Å². The summed E-state index contributed by atoms with van der Waals surface area (Å²) in [6.07, 6.45) is -0.969. The molecule has 1 unspecified atom stereocenters. The zero-order valence-corrected chi connectivity index (χ0v) is 41.7. The molecule has 6 aromatic rings. The van der Waals surface area contributed by atoms with E-state index in [4.69, 9.17) is 23.0 Å². The molecule has 0 aliphatic carbocycles. The second-order valence-corrected chi connectivity index (χ2v) is 19.3. The van der Waals surface area contributed by atoms with E-state index in [0.29, 0.717) is 104 Å². The van der Waals surface area contributed by atoms with Crippen molar-refractivity contribution < 1.29 is 41.4 Å². The van der Waals surface area contributed by atoms with Gasteiger partial charge in [0.1, 0.15) is 35.9 Å². The Labute approximate surface area is 430 Å². The van der Waals surface area contributed by atoms with Gasteiger partial charge in [0.2, 0.25) is 0 Å². The molecule has 0 bridgehead atoms. The van der Waals surface area contributed by atoms with Gasteiger partial charge in [-0.05, 0) is 89.8 Å². The van der Waals surface area contributed by atoms with Crippen LogP contribution < -0.4 is 32.8 Å². The topological polar surface area (TPSA) is 234 Å². The Hall–Kier alpha value is -7.08. The van der Waals surface area contributed by atoms with Crippen LogP contribution in [-0.2, 0) is 49.7 Å². The summed E-state index contributed by atoms with van der Waals surface area (Å²) in [5, 5.41) is 31.6. The number of oxazole rings is 2. The van der Waals surface area contributed by atoms with Crippen LogP contribution in [0.1, 0.15) is 17.5 Å². The van der Waals surface area contributed by atoms with Crippen LogP contribution in [0.25, 0.3) is 44.5 Å². The minimum absolute atomic E-state index is 0.0289. The maximum absolute atomic E-state index is 15.7. The van der Waals surface area contributed by atoms with Gasteiger partial charge in [-0.2, -0.15) is 10.5 Å². The first kappa shape index (κ1) is 52.8. The van der Waals surface area contributed by atoms with Gasteiger partial charge in [0.15, 0.2) is 11.2 Å². The summed E-state index contributed by atoms with van der Waals surface area (Å²) in [7, 11) is 1.91. The Morgan fingerprint density at radius 1 is 0.707 bits per heavy atom. The molecule has 2 amide bonds. The lowest BCUT2D eigenvalue weighted by atomic mass is 10.00. The maximum atomic E-state index is 15.7. The standard InChI is InChI=1S/C54H60F2N10O9/c1-63(12-14-65-45-25-37(7-9-47(45)74-53(65)69)35-3-5-39(43(55)23-35)21-41(27-57)61-51(67)49-30-59-11-2-18-72-49)32-34-29-60-31-50(73-33-34)52(68)62-42(28-58)22-40-6-4-36(24-44(40)56)38-8-10-48-46(26-38)66(54(70)75-48)15-13-64-16-19-71-20-17-64/h3-10,23-26,34,41-42,49-50,59-60H,2,11-22,29-33H2,1H3,(H,61,67)(H,62,68)/t34?,41-,42-,49-,50-/m0/s1. The van der Waals surface area contributed by atoms with Gasteiger partial charge < -0.3 is 49.2 Å². The van der Waals surface area contributed by atoms with Gasteiger partial charge in [-0.25, -0.2) is 18.4 Å². The SMILES string of the molecule is CN(CCn1c(=O)oc2ccc(-c3ccc(C[C@@H](C#N)NC(=O)[C@@H]4CNCCCO4)c(F)c3)cc21)CC1CNC[C@@H](C(=O)N[C@H](C#N)Cc2ccc(-c3ccc4oc(=O)n(CCN5CCOCC5)c4c3)cc2F)OC1. The fourth-order valence-corrected chi connectivity index (χ4v) is 9.75. The Balaban J connectivity index is 0.749.